The van der Waals surface area contributed by atoms with E-state index >= 15 is 0 Å². The van der Waals surface area contributed by atoms with Gasteiger partial charge in [-0.1, -0.05) is 23.8 Å². The van der Waals surface area contributed by atoms with Crippen LogP contribution in [-0.4, -0.2) is 9.55 Å². The molecular weight excluding hydrogens is 174 g/mol. The van der Waals surface area contributed by atoms with Gasteiger partial charge in [-0.3, -0.25) is 0 Å². The first-order chi connectivity index (χ1) is 6.68. The molecule has 0 unspecified atom stereocenters. The van der Waals surface area contributed by atoms with Crippen LogP contribution in [0.1, 0.15) is 5.56 Å². The number of benzene rings is 1. The van der Waals surface area contributed by atoms with E-state index in [1.807, 2.05) is 23.7 Å². The number of rotatable bonds is 1. The second-order valence-electron chi connectivity index (χ2n) is 3.46. The second kappa shape index (κ2) is 3.18. The zero-order valence-electron chi connectivity index (χ0n) is 8.36. The van der Waals surface area contributed by atoms with Gasteiger partial charge in [-0.15, -0.1) is 0 Å². The summed E-state index contributed by atoms with van der Waals surface area (Å²) < 4.78 is 1.82. The summed E-state index contributed by atoms with van der Waals surface area (Å²) in [6.45, 7) is 2.06. The molecule has 3 heteroatoms. The van der Waals surface area contributed by atoms with E-state index in [1.165, 1.54) is 5.56 Å². The maximum atomic E-state index is 5.89. The molecule has 1 aromatic carbocycles. The Hall–Kier alpha value is -1.77. The van der Waals surface area contributed by atoms with Crippen molar-refractivity contribution in [3.8, 4) is 11.3 Å². The number of nitrogens with zero attached hydrogens (tertiary/aromatic N) is 2. The van der Waals surface area contributed by atoms with Gasteiger partial charge in [-0.25, -0.2) is 4.98 Å². The van der Waals surface area contributed by atoms with Gasteiger partial charge in [0.2, 0.25) is 0 Å². The standard InChI is InChI=1S/C11H13N3/c1-8-4-3-5-9(6-8)10-11(12)14(2)7-13-10/h3-7H,12H2,1-2H3. The normalized spacial score (nSPS) is 10.4. The third-order valence-electron chi connectivity index (χ3n) is 2.27. The largest absolute Gasteiger partial charge is 0.383 e. The lowest BCUT2D eigenvalue weighted by atomic mass is 10.1. The molecule has 0 fully saturated rings. The molecule has 0 spiro atoms. The summed E-state index contributed by atoms with van der Waals surface area (Å²) in [5.74, 6) is 0.704. The van der Waals surface area contributed by atoms with E-state index in [0.717, 1.165) is 11.3 Å². The van der Waals surface area contributed by atoms with Crippen molar-refractivity contribution in [2.75, 3.05) is 5.73 Å². The molecule has 1 aromatic heterocycles. The van der Waals surface area contributed by atoms with E-state index in [0.29, 0.717) is 5.82 Å². The number of nitrogens with two attached hydrogens (primary N) is 1. The van der Waals surface area contributed by atoms with Crippen molar-refractivity contribution in [2.24, 2.45) is 7.05 Å². The number of aromatic nitrogens is 2. The van der Waals surface area contributed by atoms with E-state index in [9.17, 15) is 0 Å². The molecule has 0 amide bonds. The molecule has 14 heavy (non-hydrogen) atoms. The number of hydrogen-bond acceptors (Lipinski definition) is 2. The lowest BCUT2D eigenvalue weighted by Gasteiger charge is -2.01. The van der Waals surface area contributed by atoms with Gasteiger partial charge in [0, 0.05) is 12.6 Å². The van der Waals surface area contributed by atoms with Crippen LogP contribution in [0.15, 0.2) is 30.6 Å². The molecule has 0 bridgehead atoms. The molecule has 72 valence electrons. The van der Waals surface area contributed by atoms with Gasteiger partial charge >= 0.3 is 0 Å². The predicted octanol–water partition coefficient (Wildman–Crippen LogP) is 1.98. The monoisotopic (exact) mass is 187 g/mol. The molecule has 2 rings (SSSR count). The summed E-state index contributed by atoms with van der Waals surface area (Å²) in [5.41, 5.74) is 9.03. The molecule has 0 aliphatic carbocycles. The Labute approximate surface area is 83.2 Å². The molecule has 2 N–H and O–H groups in total. The average molecular weight is 187 g/mol. The lowest BCUT2D eigenvalue weighted by molar-refractivity contribution is 0.925. The summed E-state index contributed by atoms with van der Waals surface area (Å²) in [4.78, 5) is 4.26. The van der Waals surface area contributed by atoms with E-state index in [1.54, 1.807) is 6.33 Å². The van der Waals surface area contributed by atoms with Crippen molar-refractivity contribution >= 4 is 5.82 Å². The van der Waals surface area contributed by atoms with E-state index in [2.05, 4.69) is 24.0 Å². The SMILES string of the molecule is Cc1cccc(-c2ncn(C)c2N)c1. The molecule has 0 aliphatic rings. The molecule has 0 saturated carbocycles. The van der Waals surface area contributed by atoms with Crippen LogP contribution >= 0.6 is 0 Å². The van der Waals surface area contributed by atoms with Gasteiger partial charge in [0.15, 0.2) is 0 Å². The van der Waals surface area contributed by atoms with Gasteiger partial charge in [0.05, 0.1) is 6.33 Å². The number of anilines is 1. The van der Waals surface area contributed by atoms with Gasteiger partial charge in [0.25, 0.3) is 0 Å². The first kappa shape index (κ1) is 8.81. The average Bonchev–Trinajstić information content (AvgIpc) is 2.48. The van der Waals surface area contributed by atoms with Crippen LogP contribution in [0.25, 0.3) is 11.3 Å². The lowest BCUT2D eigenvalue weighted by Crippen LogP contribution is -1.95. The van der Waals surface area contributed by atoms with E-state index < -0.39 is 0 Å². The first-order valence-electron chi connectivity index (χ1n) is 4.52. The van der Waals surface area contributed by atoms with Gasteiger partial charge in [-0.2, -0.15) is 0 Å². The third kappa shape index (κ3) is 1.37. The highest BCUT2D eigenvalue weighted by Gasteiger charge is 2.06. The maximum absolute atomic E-state index is 5.89. The second-order valence-corrected chi connectivity index (χ2v) is 3.46. The highest BCUT2D eigenvalue weighted by atomic mass is 15.1. The van der Waals surface area contributed by atoms with Crippen molar-refractivity contribution in [3.05, 3.63) is 36.2 Å². The number of imidazole rings is 1. The fourth-order valence-electron chi connectivity index (χ4n) is 1.45. The van der Waals surface area contributed by atoms with Gasteiger partial charge in [0.1, 0.15) is 11.5 Å². The van der Waals surface area contributed by atoms with Gasteiger partial charge < -0.3 is 10.3 Å². The van der Waals surface area contributed by atoms with Crippen LogP contribution in [0, 0.1) is 6.92 Å². The molecular formula is C11H13N3. The fourth-order valence-corrected chi connectivity index (χ4v) is 1.45. The van der Waals surface area contributed by atoms with Crippen LogP contribution in [0.3, 0.4) is 0 Å². The Morgan fingerprint density at radius 3 is 2.71 bits per heavy atom. The zero-order chi connectivity index (χ0) is 10.1. The summed E-state index contributed by atoms with van der Waals surface area (Å²) >= 11 is 0. The molecule has 1 heterocycles. The Balaban J connectivity index is 2.55. The predicted molar refractivity (Wildman–Crippen MR) is 57.8 cm³/mol. The van der Waals surface area contributed by atoms with Crippen LogP contribution in [-0.2, 0) is 7.05 Å². The highest BCUT2D eigenvalue weighted by molar-refractivity contribution is 5.70. The quantitative estimate of drug-likeness (QED) is 0.741. The number of aryl methyl sites for hydroxylation is 2. The van der Waals surface area contributed by atoms with E-state index in [-0.39, 0.29) is 0 Å². The summed E-state index contributed by atoms with van der Waals surface area (Å²) in [6, 6.07) is 8.17. The van der Waals surface area contributed by atoms with Crippen LogP contribution in [0.4, 0.5) is 5.82 Å². The Morgan fingerprint density at radius 2 is 2.14 bits per heavy atom. The Morgan fingerprint density at radius 1 is 1.36 bits per heavy atom. The number of hydrogen-bond donors (Lipinski definition) is 1. The first-order valence-corrected chi connectivity index (χ1v) is 4.52. The van der Waals surface area contributed by atoms with Gasteiger partial charge in [-0.05, 0) is 13.0 Å². The summed E-state index contributed by atoms with van der Waals surface area (Å²) in [7, 11) is 1.89. The van der Waals surface area contributed by atoms with E-state index in [4.69, 9.17) is 5.73 Å². The van der Waals surface area contributed by atoms with Crippen molar-refractivity contribution < 1.29 is 0 Å². The Kier molecular flexibility index (Phi) is 2.00. The smallest absolute Gasteiger partial charge is 0.131 e. The zero-order valence-corrected chi connectivity index (χ0v) is 8.36. The van der Waals surface area contributed by atoms with Crippen LogP contribution < -0.4 is 5.73 Å². The van der Waals surface area contributed by atoms with Crippen molar-refractivity contribution in [3.63, 3.8) is 0 Å². The maximum Gasteiger partial charge on any atom is 0.131 e. The summed E-state index contributed by atoms with van der Waals surface area (Å²) in [5, 5.41) is 0. The Bertz CT molecular complexity index is 457. The molecule has 0 aliphatic heterocycles. The molecule has 3 nitrogen and oxygen atoms in total. The molecule has 0 atom stereocenters. The third-order valence-corrected chi connectivity index (χ3v) is 2.27. The van der Waals surface area contributed by atoms with Crippen molar-refractivity contribution in [1.82, 2.24) is 9.55 Å². The minimum atomic E-state index is 0.704. The summed E-state index contributed by atoms with van der Waals surface area (Å²) in [6.07, 6.45) is 1.73. The fraction of sp³-hybridized carbons (Fsp3) is 0.182. The van der Waals surface area contributed by atoms with Crippen LogP contribution in [0.2, 0.25) is 0 Å². The highest BCUT2D eigenvalue weighted by Crippen LogP contribution is 2.23. The van der Waals surface area contributed by atoms with Crippen LogP contribution in [0.5, 0.6) is 0 Å². The minimum absolute atomic E-state index is 0.704. The van der Waals surface area contributed by atoms with Crippen molar-refractivity contribution in [1.29, 1.82) is 0 Å². The molecule has 2 aromatic rings. The molecule has 0 radical (unpaired) electrons. The number of nitrogen functional groups attached to an aromatic ring is 1. The van der Waals surface area contributed by atoms with Crippen molar-refractivity contribution in [2.45, 2.75) is 6.92 Å². The topological polar surface area (TPSA) is 43.8 Å². The minimum Gasteiger partial charge on any atom is -0.383 e. The molecule has 0 saturated heterocycles.